The van der Waals surface area contributed by atoms with Gasteiger partial charge in [-0.25, -0.2) is 19.2 Å². The molecule has 1 aliphatic heterocycles. The maximum atomic E-state index is 15.2. The van der Waals surface area contributed by atoms with Crippen molar-refractivity contribution in [1.82, 2.24) is 15.3 Å². The van der Waals surface area contributed by atoms with Gasteiger partial charge < -0.3 is 36.1 Å². The maximum absolute atomic E-state index is 15.2. The number of hydrogen-bond acceptors (Lipinski definition) is 9. The molecule has 218 valence electrons. The van der Waals surface area contributed by atoms with Gasteiger partial charge in [-0.1, -0.05) is 30.3 Å². The smallest absolute Gasteiger partial charge is 0.407 e. The summed E-state index contributed by atoms with van der Waals surface area (Å²) in [6.07, 6.45) is 1.46. The van der Waals surface area contributed by atoms with Gasteiger partial charge in [0.15, 0.2) is 11.6 Å². The number of nitrogens with two attached hydrogens (primary N) is 1. The monoisotopic (exact) mass is 565 g/mol. The molecule has 1 atom stereocenters. The normalized spacial score (nSPS) is 14.2. The molecule has 12 heteroatoms. The van der Waals surface area contributed by atoms with Crippen LogP contribution in [0.25, 0.3) is 0 Å². The number of nitrogens with zero attached hydrogens (tertiary/aromatic N) is 3. The lowest BCUT2D eigenvalue weighted by Crippen LogP contribution is -2.40. The molecule has 3 aromatic rings. The van der Waals surface area contributed by atoms with Gasteiger partial charge in [0, 0.05) is 25.7 Å². The third-order valence-electron chi connectivity index (χ3n) is 6.14. The van der Waals surface area contributed by atoms with E-state index in [2.05, 4.69) is 30.8 Å². The number of primary amides is 1. The first-order valence-electron chi connectivity index (χ1n) is 13.4. The molecular formula is C29H36FN7O4. The second-order valence-electron chi connectivity index (χ2n) is 10.6. The first-order chi connectivity index (χ1) is 19.6. The zero-order valence-electron chi connectivity index (χ0n) is 23.4. The average molecular weight is 566 g/mol. The van der Waals surface area contributed by atoms with Crippen LogP contribution in [-0.4, -0.2) is 66.5 Å². The number of ether oxygens (including phenoxy) is 2. The lowest BCUT2D eigenvalue weighted by molar-refractivity contribution is 0.0525. The Hall–Kier alpha value is -4.45. The van der Waals surface area contributed by atoms with E-state index in [4.69, 9.17) is 15.2 Å². The molecule has 1 aromatic carbocycles. The minimum absolute atomic E-state index is 0.0703. The minimum Gasteiger partial charge on any atom is -0.444 e. The van der Waals surface area contributed by atoms with E-state index in [-0.39, 0.29) is 23.7 Å². The Morgan fingerprint density at radius 3 is 2.49 bits per heavy atom. The molecule has 0 bridgehead atoms. The highest BCUT2D eigenvalue weighted by Gasteiger charge is 2.22. The van der Waals surface area contributed by atoms with Gasteiger partial charge in [0.2, 0.25) is 0 Å². The number of benzene rings is 1. The van der Waals surface area contributed by atoms with Crippen molar-refractivity contribution in [1.29, 1.82) is 0 Å². The minimum atomic E-state index is -0.837. The van der Waals surface area contributed by atoms with Gasteiger partial charge in [0.1, 0.15) is 17.2 Å². The van der Waals surface area contributed by atoms with Crippen LogP contribution in [0.5, 0.6) is 0 Å². The van der Waals surface area contributed by atoms with Crippen LogP contribution in [-0.2, 0) is 15.9 Å². The maximum Gasteiger partial charge on any atom is 0.407 e. The highest BCUT2D eigenvalue weighted by atomic mass is 19.1. The molecule has 3 heterocycles. The predicted molar refractivity (Wildman–Crippen MR) is 155 cm³/mol. The van der Waals surface area contributed by atoms with Crippen LogP contribution >= 0.6 is 0 Å². The van der Waals surface area contributed by atoms with E-state index in [9.17, 15) is 9.59 Å². The van der Waals surface area contributed by atoms with E-state index >= 15 is 4.39 Å². The second kappa shape index (κ2) is 13.3. The molecule has 0 radical (unpaired) electrons. The number of carbonyl (C=O) groups is 2. The van der Waals surface area contributed by atoms with Crippen LogP contribution in [0.4, 0.5) is 32.3 Å². The summed E-state index contributed by atoms with van der Waals surface area (Å²) in [5.41, 5.74) is 6.27. The number of alkyl carbamates (subject to hydrolysis) is 1. The Kier molecular flexibility index (Phi) is 9.56. The zero-order valence-corrected chi connectivity index (χ0v) is 23.4. The number of nitrogens with one attached hydrogen (secondary N) is 3. The number of hydrogen-bond donors (Lipinski definition) is 4. The van der Waals surface area contributed by atoms with Crippen LogP contribution in [0.3, 0.4) is 0 Å². The van der Waals surface area contributed by atoms with Crippen molar-refractivity contribution >= 4 is 35.1 Å². The molecule has 1 saturated heterocycles. The number of halogens is 1. The van der Waals surface area contributed by atoms with Gasteiger partial charge in [0.25, 0.3) is 5.91 Å². The highest BCUT2D eigenvalue weighted by molar-refractivity contribution is 5.98. The number of aromatic nitrogens is 2. The van der Waals surface area contributed by atoms with Crippen molar-refractivity contribution in [2.24, 2.45) is 5.73 Å². The van der Waals surface area contributed by atoms with E-state index in [0.717, 1.165) is 30.5 Å². The Bertz CT molecular complexity index is 1330. The summed E-state index contributed by atoms with van der Waals surface area (Å²) < 4.78 is 25.9. The lowest BCUT2D eigenvalue weighted by Gasteiger charge is -2.27. The molecule has 0 saturated carbocycles. The Morgan fingerprint density at radius 2 is 1.85 bits per heavy atom. The third-order valence-corrected chi connectivity index (χ3v) is 6.14. The van der Waals surface area contributed by atoms with Crippen LogP contribution < -0.4 is 26.6 Å². The molecule has 2 amide bonds. The summed E-state index contributed by atoms with van der Waals surface area (Å²) >= 11 is 0. The van der Waals surface area contributed by atoms with Gasteiger partial charge in [-0.05, 0) is 51.0 Å². The Morgan fingerprint density at radius 1 is 1.12 bits per heavy atom. The van der Waals surface area contributed by atoms with Crippen LogP contribution in [0.2, 0.25) is 0 Å². The fourth-order valence-corrected chi connectivity index (χ4v) is 4.24. The number of pyridine rings is 2. The molecule has 4 rings (SSSR count). The van der Waals surface area contributed by atoms with Crippen molar-refractivity contribution < 1.29 is 23.5 Å². The summed E-state index contributed by atoms with van der Waals surface area (Å²) in [5.74, 6) is -0.843. The summed E-state index contributed by atoms with van der Waals surface area (Å²) in [6.45, 7) is 8.19. The number of morpholine rings is 1. The Labute approximate surface area is 238 Å². The lowest BCUT2D eigenvalue weighted by atomic mass is 10.1. The van der Waals surface area contributed by atoms with Crippen LogP contribution in [0, 0.1) is 5.82 Å². The molecule has 1 aliphatic rings. The highest BCUT2D eigenvalue weighted by Crippen LogP contribution is 2.25. The largest absolute Gasteiger partial charge is 0.444 e. The second-order valence-corrected chi connectivity index (χ2v) is 10.6. The van der Waals surface area contributed by atoms with Crippen LogP contribution in [0.15, 0.2) is 54.7 Å². The van der Waals surface area contributed by atoms with Crippen molar-refractivity contribution in [3.05, 3.63) is 71.7 Å². The summed E-state index contributed by atoms with van der Waals surface area (Å²) in [6, 6.07) is 13.8. The zero-order chi connectivity index (χ0) is 29.4. The third kappa shape index (κ3) is 8.77. The molecule has 2 aromatic heterocycles. The van der Waals surface area contributed by atoms with Gasteiger partial charge in [-0.2, -0.15) is 0 Å². The summed E-state index contributed by atoms with van der Waals surface area (Å²) in [7, 11) is 0. The molecule has 5 N–H and O–H groups in total. The van der Waals surface area contributed by atoms with Gasteiger partial charge in [-0.3, -0.25) is 4.79 Å². The molecule has 0 aliphatic carbocycles. The van der Waals surface area contributed by atoms with E-state index in [1.54, 1.807) is 33.0 Å². The molecular weight excluding hydrogens is 529 g/mol. The molecule has 11 nitrogen and oxygen atoms in total. The molecule has 41 heavy (non-hydrogen) atoms. The van der Waals surface area contributed by atoms with Crippen molar-refractivity contribution in [2.75, 3.05) is 48.4 Å². The summed E-state index contributed by atoms with van der Waals surface area (Å²) in [5, 5.41) is 8.84. The van der Waals surface area contributed by atoms with E-state index in [0.29, 0.717) is 25.3 Å². The van der Waals surface area contributed by atoms with E-state index < -0.39 is 29.5 Å². The number of amides is 2. The van der Waals surface area contributed by atoms with Crippen molar-refractivity contribution in [3.63, 3.8) is 0 Å². The quantitative estimate of drug-likeness (QED) is 0.288. The van der Waals surface area contributed by atoms with Gasteiger partial charge in [0.05, 0.1) is 30.7 Å². The Balaban J connectivity index is 1.55. The summed E-state index contributed by atoms with van der Waals surface area (Å²) in [4.78, 5) is 35.4. The first kappa shape index (κ1) is 29.5. The van der Waals surface area contributed by atoms with Crippen LogP contribution in [0.1, 0.15) is 36.7 Å². The molecule has 1 fully saturated rings. The average Bonchev–Trinajstić information content (AvgIpc) is 2.93. The SMILES string of the molecule is CC(C)(C)OC(=O)NC[C@@H](Cc1ccccc1)Nc1nc(Nc2ccc(N3CCOCC3)nc2)c(C(N)=O)cc1F. The van der Waals surface area contributed by atoms with E-state index in [1.807, 2.05) is 36.4 Å². The predicted octanol–water partition coefficient (Wildman–Crippen LogP) is 3.84. The van der Waals surface area contributed by atoms with Crippen molar-refractivity contribution in [2.45, 2.75) is 38.8 Å². The topological polar surface area (TPSA) is 144 Å². The molecule has 0 spiro atoms. The number of rotatable bonds is 10. The first-order valence-corrected chi connectivity index (χ1v) is 13.4. The van der Waals surface area contributed by atoms with Gasteiger partial charge in [-0.15, -0.1) is 0 Å². The van der Waals surface area contributed by atoms with Crippen molar-refractivity contribution in [3.8, 4) is 0 Å². The van der Waals surface area contributed by atoms with E-state index in [1.165, 1.54) is 0 Å². The number of anilines is 4. The van der Waals surface area contributed by atoms with Gasteiger partial charge >= 0.3 is 6.09 Å². The fraction of sp³-hybridized carbons (Fsp3) is 0.379. The molecule has 0 unspecified atom stereocenters. The fourth-order valence-electron chi connectivity index (χ4n) is 4.24. The number of carbonyl (C=O) groups excluding carboxylic acids is 2. The standard InChI is InChI=1S/C29H36FN7O4/c1-29(2,3)41-28(39)33-18-21(15-19-7-5-4-6-8-19)35-27-23(30)16-22(25(31)38)26(36-27)34-20-9-10-24(32-17-20)37-11-13-40-14-12-37/h4-10,16-17,21H,11-15,18H2,1-3H3,(H2,31,38)(H,33,39)(H2,34,35,36)/t21-/m1/s1.